The van der Waals surface area contributed by atoms with Crippen LogP contribution in [0.1, 0.15) is 31.9 Å². The molecule has 0 bridgehead atoms. The van der Waals surface area contributed by atoms with Gasteiger partial charge in [0.15, 0.2) is 0 Å². The SMILES string of the molecule is Cc1cc(C(C)(C)C)ccc1-c1ccc(N)s1. The van der Waals surface area contributed by atoms with E-state index in [1.54, 1.807) is 11.3 Å². The largest absolute Gasteiger partial charge is 0.391 e. The van der Waals surface area contributed by atoms with Crippen molar-refractivity contribution in [3.05, 3.63) is 41.5 Å². The van der Waals surface area contributed by atoms with E-state index in [2.05, 4.69) is 52.0 Å². The van der Waals surface area contributed by atoms with Gasteiger partial charge in [-0.25, -0.2) is 0 Å². The molecule has 0 spiro atoms. The molecule has 2 heteroatoms. The van der Waals surface area contributed by atoms with Gasteiger partial charge in [0, 0.05) is 4.88 Å². The number of aryl methyl sites for hydroxylation is 1. The van der Waals surface area contributed by atoms with E-state index in [9.17, 15) is 0 Å². The molecule has 90 valence electrons. The predicted molar refractivity (Wildman–Crippen MR) is 77.6 cm³/mol. The molecule has 1 aromatic heterocycles. The van der Waals surface area contributed by atoms with E-state index >= 15 is 0 Å². The summed E-state index contributed by atoms with van der Waals surface area (Å²) >= 11 is 1.65. The maximum Gasteiger partial charge on any atom is 0.0862 e. The van der Waals surface area contributed by atoms with Crippen LogP contribution < -0.4 is 5.73 Å². The van der Waals surface area contributed by atoms with Gasteiger partial charge in [0.2, 0.25) is 0 Å². The van der Waals surface area contributed by atoms with Crippen LogP contribution in [0.4, 0.5) is 5.00 Å². The quantitative estimate of drug-likeness (QED) is 0.780. The lowest BCUT2D eigenvalue weighted by Crippen LogP contribution is -2.11. The first kappa shape index (κ1) is 12.2. The summed E-state index contributed by atoms with van der Waals surface area (Å²) in [6.45, 7) is 8.89. The van der Waals surface area contributed by atoms with Crippen molar-refractivity contribution in [1.82, 2.24) is 0 Å². The highest BCUT2D eigenvalue weighted by Gasteiger charge is 2.15. The Morgan fingerprint density at radius 2 is 1.76 bits per heavy atom. The van der Waals surface area contributed by atoms with E-state index in [1.807, 2.05) is 6.07 Å². The molecule has 0 fully saturated rings. The van der Waals surface area contributed by atoms with Gasteiger partial charge in [-0.05, 0) is 41.2 Å². The number of anilines is 1. The van der Waals surface area contributed by atoms with Crippen molar-refractivity contribution in [3.63, 3.8) is 0 Å². The molecule has 0 aliphatic rings. The fourth-order valence-electron chi connectivity index (χ4n) is 1.90. The highest BCUT2D eigenvalue weighted by atomic mass is 32.1. The highest BCUT2D eigenvalue weighted by Crippen LogP contribution is 2.34. The second-order valence-electron chi connectivity index (χ2n) is 5.48. The van der Waals surface area contributed by atoms with E-state index in [0.29, 0.717) is 0 Å². The van der Waals surface area contributed by atoms with Crippen molar-refractivity contribution < 1.29 is 0 Å². The second kappa shape index (κ2) is 4.19. The van der Waals surface area contributed by atoms with Crippen LogP contribution in [0, 0.1) is 6.92 Å². The van der Waals surface area contributed by atoms with Gasteiger partial charge in [0.1, 0.15) is 0 Å². The molecule has 0 saturated carbocycles. The lowest BCUT2D eigenvalue weighted by atomic mass is 9.85. The Bertz CT molecular complexity index is 532. The number of rotatable bonds is 1. The van der Waals surface area contributed by atoms with Gasteiger partial charge >= 0.3 is 0 Å². The van der Waals surface area contributed by atoms with Crippen molar-refractivity contribution >= 4 is 16.3 Å². The molecular weight excluding hydrogens is 226 g/mol. The molecule has 0 aliphatic heterocycles. The van der Waals surface area contributed by atoms with E-state index in [1.165, 1.54) is 21.6 Å². The normalized spacial score (nSPS) is 11.8. The van der Waals surface area contributed by atoms with Gasteiger partial charge in [-0.1, -0.05) is 39.0 Å². The molecule has 1 nitrogen and oxygen atoms in total. The van der Waals surface area contributed by atoms with E-state index in [4.69, 9.17) is 5.73 Å². The van der Waals surface area contributed by atoms with Gasteiger partial charge in [0.05, 0.1) is 5.00 Å². The number of hydrogen-bond donors (Lipinski definition) is 1. The Kier molecular flexibility index (Phi) is 3.00. The Balaban J connectivity index is 2.45. The third kappa shape index (κ3) is 2.52. The fraction of sp³-hybridized carbons (Fsp3) is 0.333. The maximum atomic E-state index is 5.78. The molecule has 1 heterocycles. The molecule has 0 aliphatic carbocycles. The van der Waals surface area contributed by atoms with E-state index < -0.39 is 0 Å². The van der Waals surface area contributed by atoms with Crippen LogP contribution in [0.3, 0.4) is 0 Å². The molecule has 0 amide bonds. The summed E-state index contributed by atoms with van der Waals surface area (Å²) in [5.41, 5.74) is 9.98. The molecule has 2 rings (SSSR count). The molecule has 1 aromatic carbocycles. The third-order valence-electron chi connectivity index (χ3n) is 2.98. The van der Waals surface area contributed by atoms with Gasteiger partial charge < -0.3 is 5.73 Å². The summed E-state index contributed by atoms with van der Waals surface area (Å²) in [5.74, 6) is 0. The molecule has 2 N–H and O–H groups in total. The van der Waals surface area contributed by atoms with Crippen molar-refractivity contribution in [2.24, 2.45) is 0 Å². The van der Waals surface area contributed by atoms with Crippen molar-refractivity contribution in [3.8, 4) is 10.4 Å². The summed E-state index contributed by atoms with van der Waals surface area (Å²) in [5, 5.41) is 0.874. The van der Waals surface area contributed by atoms with Gasteiger partial charge in [-0.3, -0.25) is 0 Å². The zero-order chi connectivity index (χ0) is 12.6. The number of benzene rings is 1. The maximum absolute atomic E-state index is 5.78. The van der Waals surface area contributed by atoms with E-state index in [-0.39, 0.29) is 5.41 Å². The van der Waals surface area contributed by atoms with Crippen LogP contribution in [0.2, 0.25) is 0 Å². The second-order valence-corrected chi connectivity index (χ2v) is 6.60. The molecule has 0 radical (unpaired) electrons. The fourth-order valence-corrected chi connectivity index (χ4v) is 2.77. The Hall–Kier alpha value is -1.28. The topological polar surface area (TPSA) is 26.0 Å². The number of thiophene rings is 1. The molecular formula is C15H19NS. The van der Waals surface area contributed by atoms with Gasteiger partial charge in [0.25, 0.3) is 0 Å². The summed E-state index contributed by atoms with van der Waals surface area (Å²) in [6, 6.07) is 10.8. The summed E-state index contributed by atoms with van der Waals surface area (Å²) < 4.78 is 0. The summed E-state index contributed by atoms with van der Waals surface area (Å²) in [6.07, 6.45) is 0. The van der Waals surface area contributed by atoms with Gasteiger partial charge in [-0.15, -0.1) is 11.3 Å². The number of hydrogen-bond acceptors (Lipinski definition) is 2. The minimum Gasteiger partial charge on any atom is -0.391 e. The van der Waals surface area contributed by atoms with Crippen LogP contribution >= 0.6 is 11.3 Å². The van der Waals surface area contributed by atoms with Crippen LogP contribution in [-0.4, -0.2) is 0 Å². The molecule has 2 aromatic rings. The predicted octanol–water partition coefficient (Wildman–Crippen LogP) is 4.60. The zero-order valence-corrected chi connectivity index (χ0v) is 11.7. The lowest BCUT2D eigenvalue weighted by molar-refractivity contribution is 0.590. The number of nitrogens with two attached hydrogens (primary N) is 1. The average molecular weight is 245 g/mol. The molecule has 0 unspecified atom stereocenters. The lowest BCUT2D eigenvalue weighted by Gasteiger charge is -2.20. The monoisotopic (exact) mass is 245 g/mol. The highest BCUT2D eigenvalue weighted by molar-refractivity contribution is 7.19. The van der Waals surface area contributed by atoms with Crippen molar-refractivity contribution in [2.45, 2.75) is 33.1 Å². The van der Waals surface area contributed by atoms with E-state index in [0.717, 1.165) is 5.00 Å². The standard InChI is InChI=1S/C15H19NS/c1-10-9-11(15(2,3)4)5-6-12(10)13-7-8-14(16)17-13/h5-9H,16H2,1-4H3. The minimum absolute atomic E-state index is 0.206. The van der Waals surface area contributed by atoms with Crippen LogP contribution in [-0.2, 0) is 5.41 Å². The minimum atomic E-state index is 0.206. The first-order chi connectivity index (χ1) is 7.88. The number of nitrogen functional groups attached to an aromatic ring is 1. The first-order valence-electron chi connectivity index (χ1n) is 5.85. The van der Waals surface area contributed by atoms with Crippen molar-refractivity contribution in [1.29, 1.82) is 0 Å². The van der Waals surface area contributed by atoms with Crippen molar-refractivity contribution in [2.75, 3.05) is 5.73 Å². The van der Waals surface area contributed by atoms with Crippen LogP contribution in [0.15, 0.2) is 30.3 Å². The third-order valence-corrected chi connectivity index (χ3v) is 3.93. The Morgan fingerprint density at radius 3 is 2.24 bits per heavy atom. The Labute approximate surface area is 107 Å². The molecule has 0 atom stereocenters. The van der Waals surface area contributed by atoms with Crippen LogP contribution in [0.5, 0.6) is 0 Å². The first-order valence-corrected chi connectivity index (χ1v) is 6.66. The smallest absolute Gasteiger partial charge is 0.0862 e. The Morgan fingerprint density at radius 1 is 1.06 bits per heavy atom. The average Bonchev–Trinajstić information content (AvgIpc) is 2.63. The summed E-state index contributed by atoms with van der Waals surface area (Å²) in [7, 11) is 0. The van der Waals surface area contributed by atoms with Gasteiger partial charge in [-0.2, -0.15) is 0 Å². The molecule has 0 saturated heterocycles. The molecule has 17 heavy (non-hydrogen) atoms. The summed E-state index contributed by atoms with van der Waals surface area (Å²) in [4.78, 5) is 1.25. The zero-order valence-electron chi connectivity index (χ0n) is 10.9. The van der Waals surface area contributed by atoms with Crippen LogP contribution in [0.25, 0.3) is 10.4 Å².